The Bertz CT molecular complexity index is 485. The second kappa shape index (κ2) is 5.35. The van der Waals surface area contributed by atoms with E-state index >= 15 is 0 Å². The molecule has 1 rings (SSSR count). The van der Waals surface area contributed by atoms with Crippen LogP contribution in [0.25, 0.3) is 0 Å². The van der Waals surface area contributed by atoms with E-state index in [0.29, 0.717) is 0 Å². The molecule has 19 heavy (non-hydrogen) atoms. The van der Waals surface area contributed by atoms with Crippen LogP contribution in [0.15, 0.2) is 6.20 Å². The molecule has 0 spiro atoms. The fraction of sp³-hybridized carbons (Fsp3) is 0.333. The number of pyridine rings is 1. The van der Waals surface area contributed by atoms with Crippen molar-refractivity contribution in [3.05, 3.63) is 23.0 Å². The number of ether oxygens (including phenoxy) is 1. The molecule has 0 aliphatic carbocycles. The predicted molar refractivity (Wildman–Crippen MR) is 53.9 cm³/mol. The van der Waals surface area contributed by atoms with Crippen molar-refractivity contribution in [1.29, 1.82) is 0 Å². The minimum atomic E-state index is -5.32. The van der Waals surface area contributed by atoms with Gasteiger partial charge in [-0.3, -0.25) is 9.78 Å². The van der Waals surface area contributed by atoms with Crippen LogP contribution >= 0.6 is 15.9 Å². The van der Waals surface area contributed by atoms with Gasteiger partial charge in [0.1, 0.15) is 5.56 Å². The van der Waals surface area contributed by atoms with E-state index < -0.39 is 29.4 Å². The minimum Gasteiger partial charge on any atom is -0.403 e. The van der Waals surface area contributed by atoms with Crippen LogP contribution in [0.2, 0.25) is 0 Å². The summed E-state index contributed by atoms with van der Waals surface area (Å²) in [7, 11) is 0. The first kappa shape index (κ1) is 15.7. The molecule has 0 bridgehead atoms. The van der Waals surface area contributed by atoms with Gasteiger partial charge in [-0.05, 0) is 0 Å². The quantitative estimate of drug-likeness (QED) is 0.473. The monoisotopic (exact) mass is 351 g/mol. The third-order valence-corrected chi connectivity index (χ3v) is 2.45. The molecule has 1 aromatic rings. The van der Waals surface area contributed by atoms with Gasteiger partial charge in [-0.1, -0.05) is 15.9 Å². The summed E-state index contributed by atoms with van der Waals surface area (Å²) in [6.07, 6.45) is -10.4. The third-order valence-electron chi connectivity index (χ3n) is 1.92. The van der Waals surface area contributed by atoms with Crippen LogP contribution in [-0.2, 0) is 11.5 Å². The number of hydrogen-bond donors (Lipinski definition) is 0. The van der Waals surface area contributed by atoms with Crippen molar-refractivity contribution >= 4 is 22.2 Å². The van der Waals surface area contributed by atoms with E-state index in [2.05, 4.69) is 25.7 Å². The lowest BCUT2D eigenvalue weighted by Gasteiger charge is -2.17. The molecular weight excluding hydrogens is 348 g/mol. The molecule has 1 heterocycles. The molecule has 0 unspecified atom stereocenters. The summed E-state index contributed by atoms with van der Waals surface area (Å²) in [5.74, 6) is -1.56. The number of aldehydes is 1. The highest BCUT2D eigenvalue weighted by molar-refractivity contribution is 9.08. The van der Waals surface area contributed by atoms with Gasteiger partial charge in [-0.25, -0.2) is 0 Å². The summed E-state index contributed by atoms with van der Waals surface area (Å²) in [5, 5.41) is -0.226. The fourth-order valence-corrected chi connectivity index (χ4v) is 1.72. The number of carbonyl (C=O) groups excluding carboxylic acids is 1. The van der Waals surface area contributed by atoms with E-state index in [9.17, 15) is 31.1 Å². The lowest BCUT2D eigenvalue weighted by Crippen LogP contribution is -2.22. The number of hydrogen-bond acceptors (Lipinski definition) is 3. The van der Waals surface area contributed by atoms with E-state index in [1.807, 2.05) is 0 Å². The summed E-state index contributed by atoms with van der Waals surface area (Å²) < 4.78 is 77.5. The Kier molecular flexibility index (Phi) is 4.43. The van der Waals surface area contributed by atoms with Gasteiger partial charge in [0.15, 0.2) is 12.0 Å². The highest BCUT2D eigenvalue weighted by Gasteiger charge is 2.42. The van der Waals surface area contributed by atoms with Crippen molar-refractivity contribution in [2.45, 2.75) is 17.9 Å². The molecule has 0 aliphatic rings. The van der Waals surface area contributed by atoms with Crippen LogP contribution in [0.3, 0.4) is 0 Å². The van der Waals surface area contributed by atoms with Crippen molar-refractivity contribution in [3.8, 4) is 5.75 Å². The van der Waals surface area contributed by atoms with Crippen molar-refractivity contribution in [2.24, 2.45) is 0 Å². The maximum absolute atomic E-state index is 12.7. The Morgan fingerprint density at radius 3 is 2.21 bits per heavy atom. The molecule has 0 fully saturated rings. The number of halogens is 7. The molecule has 0 radical (unpaired) electrons. The topological polar surface area (TPSA) is 39.2 Å². The van der Waals surface area contributed by atoms with Crippen molar-refractivity contribution in [2.75, 3.05) is 0 Å². The standard InChI is InChI=1S/C9H4BrF6NO2/c10-1-5-4(3-18)7(8(11,12)13)6(2-17-5)19-9(14,15)16/h2-3H,1H2. The van der Waals surface area contributed by atoms with Crippen LogP contribution in [0.4, 0.5) is 26.3 Å². The van der Waals surface area contributed by atoms with Gasteiger partial charge in [0.05, 0.1) is 17.5 Å². The Balaban J connectivity index is 3.52. The second-order valence-corrected chi connectivity index (χ2v) is 3.72. The summed E-state index contributed by atoms with van der Waals surface area (Å²) in [6, 6.07) is 0. The Morgan fingerprint density at radius 2 is 1.84 bits per heavy atom. The summed E-state index contributed by atoms with van der Waals surface area (Å²) in [5.41, 5.74) is -3.13. The SMILES string of the molecule is O=Cc1c(CBr)ncc(OC(F)(F)F)c1C(F)(F)F. The average molecular weight is 352 g/mol. The van der Waals surface area contributed by atoms with Gasteiger partial charge in [0.25, 0.3) is 0 Å². The van der Waals surface area contributed by atoms with E-state index in [1.54, 1.807) is 0 Å². The Labute approximate surface area is 110 Å². The lowest BCUT2D eigenvalue weighted by molar-refractivity contribution is -0.276. The highest BCUT2D eigenvalue weighted by atomic mass is 79.9. The zero-order valence-electron chi connectivity index (χ0n) is 8.77. The molecule has 3 nitrogen and oxygen atoms in total. The molecule has 0 atom stereocenters. The van der Waals surface area contributed by atoms with E-state index in [0.717, 1.165) is 0 Å². The number of carbonyl (C=O) groups is 1. The molecule has 0 saturated heterocycles. The predicted octanol–water partition coefficient (Wildman–Crippen LogP) is 3.71. The number of alkyl halides is 7. The molecule has 1 aromatic heterocycles. The summed E-state index contributed by atoms with van der Waals surface area (Å²) in [4.78, 5) is 14.0. The molecule has 0 amide bonds. The van der Waals surface area contributed by atoms with Gasteiger partial charge in [0.2, 0.25) is 0 Å². The molecule has 0 aliphatic heterocycles. The first-order valence-electron chi connectivity index (χ1n) is 4.46. The fourth-order valence-electron chi connectivity index (χ4n) is 1.28. The van der Waals surface area contributed by atoms with Crippen LogP contribution in [0, 0.1) is 0 Å². The molecule has 0 aromatic carbocycles. The second-order valence-electron chi connectivity index (χ2n) is 3.15. The maximum Gasteiger partial charge on any atom is 0.573 e. The zero-order valence-corrected chi connectivity index (χ0v) is 10.4. The summed E-state index contributed by atoms with van der Waals surface area (Å²) >= 11 is 2.78. The maximum atomic E-state index is 12.7. The van der Waals surface area contributed by atoms with Crippen molar-refractivity contribution in [3.63, 3.8) is 0 Å². The van der Waals surface area contributed by atoms with E-state index in [4.69, 9.17) is 0 Å². The van der Waals surface area contributed by atoms with Gasteiger partial charge < -0.3 is 4.74 Å². The average Bonchev–Trinajstić information content (AvgIpc) is 2.24. The minimum absolute atomic E-state index is 0.213. The lowest BCUT2D eigenvalue weighted by atomic mass is 10.1. The Morgan fingerprint density at radius 1 is 1.26 bits per heavy atom. The van der Waals surface area contributed by atoms with Gasteiger partial charge >= 0.3 is 12.5 Å². The number of nitrogens with zero attached hydrogens (tertiary/aromatic N) is 1. The molecule has 106 valence electrons. The van der Waals surface area contributed by atoms with Crippen molar-refractivity contribution in [1.82, 2.24) is 4.98 Å². The largest absolute Gasteiger partial charge is 0.573 e. The van der Waals surface area contributed by atoms with Gasteiger partial charge in [0, 0.05) is 5.33 Å². The van der Waals surface area contributed by atoms with E-state index in [-0.39, 0.29) is 23.5 Å². The first-order valence-corrected chi connectivity index (χ1v) is 5.58. The van der Waals surface area contributed by atoms with Gasteiger partial charge in [-0.2, -0.15) is 13.2 Å². The van der Waals surface area contributed by atoms with Crippen LogP contribution < -0.4 is 4.74 Å². The zero-order chi connectivity index (χ0) is 14.8. The van der Waals surface area contributed by atoms with Crippen LogP contribution in [0.5, 0.6) is 5.75 Å². The highest BCUT2D eigenvalue weighted by Crippen LogP contribution is 2.40. The van der Waals surface area contributed by atoms with Crippen LogP contribution in [-0.4, -0.2) is 17.6 Å². The molecular formula is C9H4BrF6NO2. The number of aromatic nitrogens is 1. The molecule has 10 heteroatoms. The third kappa shape index (κ3) is 3.82. The summed E-state index contributed by atoms with van der Waals surface area (Å²) in [6.45, 7) is 0. The molecule has 0 N–H and O–H groups in total. The Hall–Kier alpha value is -1.32. The van der Waals surface area contributed by atoms with Crippen molar-refractivity contribution < 1.29 is 35.9 Å². The van der Waals surface area contributed by atoms with E-state index in [1.165, 1.54) is 0 Å². The van der Waals surface area contributed by atoms with Gasteiger partial charge in [-0.15, -0.1) is 13.2 Å². The number of rotatable bonds is 3. The normalized spacial score (nSPS) is 12.4. The smallest absolute Gasteiger partial charge is 0.403 e. The molecule has 0 saturated carbocycles. The van der Waals surface area contributed by atoms with Crippen LogP contribution in [0.1, 0.15) is 21.6 Å². The first-order chi connectivity index (χ1) is 8.60.